The molecule has 0 aliphatic carbocycles. The van der Waals surface area contributed by atoms with Gasteiger partial charge in [-0.3, -0.25) is 4.68 Å². The Morgan fingerprint density at radius 1 is 1.26 bits per heavy atom. The minimum Gasteiger partial charge on any atom is -0.460 e. The first kappa shape index (κ1) is 13.9. The predicted octanol–water partition coefficient (Wildman–Crippen LogP) is 3.13. The lowest BCUT2D eigenvalue weighted by molar-refractivity contribution is 0.493. The molecule has 0 aliphatic heterocycles. The number of hydrogen-bond acceptors (Lipinski definition) is 3. The van der Waals surface area contributed by atoms with Gasteiger partial charge in [0.15, 0.2) is 0 Å². The fourth-order valence-corrected chi connectivity index (χ4v) is 2.17. The van der Waals surface area contributed by atoms with Gasteiger partial charge in [-0.1, -0.05) is 20.3 Å². The van der Waals surface area contributed by atoms with Crippen LogP contribution in [-0.2, 0) is 20.0 Å². The number of furan rings is 1. The van der Waals surface area contributed by atoms with Gasteiger partial charge in [0.1, 0.15) is 11.5 Å². The molecular weight excluding hydrogens is 238 g/mol. The van der Waals surface area contributed by atoms with Crippen molar-refractivity contribution in [3.05, 3.63) is 29.8 Å². The van der Waals surface area contributed by atoms with Crippen LogP contribution in [0, 0.1) is 0 Å². The third-order valence-corrected chi connectivity index (χ3v) is 3.05. The van der Waals surface area contributed by atoms with E-state index in [2.05, 4.69) is 24.3 Å². The molecule has 2 rings (SSSR count). The highest BCUT2D eigenvalue weighted by molar-refractivity contribution is 5.59. The van der Waals surface area contributed by atoms with Crippen LogP contribution in [0.5, 0.6) is 0 Å². The lowest BCUT2D eigenvalue weighted by Gasteiger charge is -2.00. The summed E-state index contributed by atoms with van der Waals surface area (Å²) >= 11 is 0. The maximum Gasteiger partial charge on any atom is 0.137 e. The molecule has 104 valence electrons. The Labute approximate surface area is 114 Å². The Balaban J connectivity index is 2.13. The maximum absolute atomic E-state index is 5.90. The van der Waals surface area contributed by atoms with Crippen molar-refractivity contribution in [2.45, 2.75) is 39.7 Å². The molecule has 0 atom stereocenters. The molecule has 2 heterocycles. The lowest BCUT2D eigenvalue weighted by Crippen LogP contribution is -2.12. The van der Waals surface area contributed by atoms with Crippen LogP contribution in [0.2, 0.25) is 0 Å². The van der Waals surface area contributed by atoms with Crippen molar-refractivity contribution in [1.29, 1.82) is 0 Å². The first-order valence-corrected chi connectivity index (χ1v) is 7.07. The van der Waals surface area contributed by atoms with Crippen molar-refractivity contribution in [2.24, 2.45) is 7.05 Å². The van der Waals surface area contributed by atoms with Gasteiger partial charge in [-0.2, -0.15) is 5.10 Å². The predicted molar refractivity (Wildman–Crippen MR) is 76.9 cm³/mol. The van der Waals surface area contributed by atoms with E-state index in [0.29, 0.717) is 0 Å². The van der Waals surface area contributed by atoms with E-state index in [1.807, 2.05) is 30.1 Å². The first-order chi connectivity index (χ1) is 9.24. The van der Waals surface area contributed by atoms with Gasteiger partial charge in [0.2, 0.25) is 0 Å². The molecule has 4 heteroatoms. The first-order valence-electron chi connectivity index (χ1n) is 7.07. The quantitative estimate of drug-likeness (QED) is 0.779. The summed E-state index contributed by atoms with van der Waals surface area (Å²) in [5, 5.41) is 7.85. The number of aryl methyl sites for hydroxylation is 2. The highest BCUT2D eigenvalue weighted by atomic mass is 16.3. The molecule has 0 saturated carbocycles. The third kappa shape index (κ3) is 3.47. The van der Waals surface area contributed by atoms with E-state index in [-0.39, 0.29) is 0 Å². The summed E-state index contributed by atoms with van der Waals surface area (Å²) in [5.41, 5.74) is 2.23. The molecule has 0 aromatic carbocycles. The van der Waals surface area contributed by atoms with Crippen LogP contribution in [0.1, 0.15) is 38.1 Å². The van der Waals surface area contributed by atoms with Crippen molar-refractivity contribution in [3.8, 4) is 11.3 Å². The van der Waals surface area contributed by atoms with Gasteiger partial charge < -0.3 is 9.73 Å². The normalized spacial score (nSPS) is 11.1. The minimum absolute atomic E-state index is 0.789. The summed E-state index contributed by atoms with van der Waals surface area (Å²) in [5.74, 6) is 1.90. The van der Waals surface area contributed by atoms with Gasteiger partial charge in [-0.15, -0.1) is 0 Å². The summed E-state index contributed by atoms with van der Waals surface area (Å²) in [4.78, 5) is 0. The van der Waals surface area contributed by atoms with Gasteiger partial charge >= 0.3 is 0 Å². The molecule has 19 heavy (non-hydrogen) atoms. The van der Waals surface area contributed by atoms with Crippen LogP contribution < -0.4 is 5.32 Å². The van der Waals surface area contributed by atoms with E-state index in [4.69, 9.17) is 4.42 Å². The molecule has 0 unspecified atom stereocenters. The summed E-state index contributed by atoms with van der Waals surface area (Å²) < 4.78 is 7.76. The molecule has 0 bridgehead atoms. The van der Waals surface area contributed by atoms with E-state index in [9.17, 15) is 0 Å². The van der Waals surface area contributed by atoms with Crippen LogP contribution in [0.15, 0.2) is 22.7 Å². The van der Waals surface area contributed by atoms with Crippen LogP contribution >= 0.6 is 0 Å². The van der Waals surface area contributed by atoms with Gasteiger partial charge in [0, 0.05) is 13.2 Å². The second-order valence-corrected chi connectivity index (χ2v) is 4.86. The Kier molecular flexibility index (Phi) is 4.80. The van der Waals surface area contributed by atoms with Crippen LogP contribution in [-0.4, -0.2) is 16.3 Å². The maximum atomic E-state index is 5.90. The number of nitrogens with one attached hydrogen (secondary N) is 1. The SMILES string of the molecule is CCCNCc1ccc(-c2cn(C)nc2CCC)o1. The second kappa shape index (κ2) is 6.57. The molecule has 0 aliphatic rings. The van der Waals surface area contributed by atoms with E-state index in [1.54, 1.807) is 0 Å². The molecule has 4 nitrogen and oxygen atoms in total. The number of hydrogen-bond donors (Lipinski definition) is 1. The number of rotatable bonds is 7. The topological polar surface area (TPSA) is 43.0 Å². The highest BCUT2D eigenvalue weighted by Crippen LogP contribution is 2.26. The Bertz CT molecular complexity index is 513. The van der Waals surface area contributed by atoms with Crippen LogP contribution in [0.4, 0.5) is 0 Å². The molecule has 0 spiro atoms. The number of aromatic nitrogens is 2. The summed E-state index contributed by atoms with van der Waals surface area (Å²) in [7, 11) is 1.95. The molecule has 0 amide bonds. The summed E-state index contributed by atoms with van der Waals surface area (Å²) in [6.45, 7) is 6.13. The van der Waals surface area contributed by atoms with Crippen molar-refractivity contribution >= 4 is 0 Å². The molecular formula is C15H23N3O. The Morgan fingerprint density at radius 2 is 2.11 bits per heavy atom. The van der Waals surface area contributed by atoms with Gasteiger partial charge in [-0.05, 0) is 31.5 Å². The summed E-state index contributed by atoms with van der Waals surface area (Å²) in [6.07, 6.45) is 5.25. The van der Waals surface area contributed by atoms with Crippen molar-refractivity contribution in [1.82, 2.24) is 15.1 Å². The Morgan fingerprint density at radius 3 is 2.84 bits per heavy atom. The lowest BCUT2D eigenvalue weighted by atomic mass is 10.1. The average Bonchev–Trinajstić information content (AvgIpc) is 2.97. The highest BCUT2D eigenvalue weighted by Gasteiger charge is 2.12. The monoisotopic (exact) mass is 261 g/mol. The van der Waals surface area contributed by atoms with Crippen molar-refractivity contribution in [3.63, 3.8) is 0 Å². The molecule has 0 fully saturated rings. The molecule has 0 saturated heterocycles. The summed E-state index contributed by atoms with van der Waals surface area (Å²) in [6, 6.07) is 4.08. The average molecular weight is 261 g/mol. The van der Waals surface area contributed by atoms with Gasteiger partial charge in [0.25, 0.3) is 0 Å². The number of nitrogens with zero attached hydrogens (tertiary/aromatic N) is 2. The third-order valence-electron chi connectivity index (χ3n) is 3.05. The molecule has 2 aromatic rings. The van der Waals surface area contributed by atoms with E-state index in [0.717, 1.165) is 55.1 Å². The zero-order valence-corrected chi connectivity index (χ0v) is 12.1. The zero-order valence-electron chi connectivity index (χ0n) is 12.1. The van der Waals surface area contributed by atoms with Crippen LogP contribution in [0.25, 0.3) is 11.3 Å². The van der Waals surface area contributed by atoms with Crippen molar-refractivity contribution in [2.75, 3.05) is 6.54 Å². The van der Waals surface area contributed by atoms with Gasteiger partial charge in [-0.25, -0.2) is 0 Å². The molecule has 0 radical (unpaired) electrons. The largest absolute Gasteiger partial charge is 0.460 e. The fourth-order valence-electron chi connectivity index (χ4n) is 2.17. The Hall–Kier alpha value is -1.55. The zero-order chi connectivity index (χ0) is 13.7. The fraction of sp³-hybridized carbons (Fsp3) is 0.533. The smallest absolute Gasteiger partial charge is 0.137 e. The standard InChI is InChI=1S/C15H23N3O/c1-4-6-14-13(11-18(3)17-14)15-8-7-12(19-15)10-16-9-5-2/h7-8,11,16H,4-6,9-10H2,1-3H3. The minimum atomic E-state index is 0.789. The van der Waals surface area contributed by atoms with E-state index >= 15 is 0 Å². The van der Waals surface area contributed by atoms with E-state index < -0.39 is 0 Å². The van der Waals surface area contributed by atoms with Crippen LogP contribution in [0.3, 0.4) is 0 Å². The van der Waals surface area contributed by atoms with E-state index in [1.165, 1.54) is 0 Å². The van der Waals surface area contributed by atoms with Gasteiger partial charge in [0.05, 0.1) is 17.8 Å². The molecule has 1 N–H and O–H groups in total. The van der Waals surface area contributed by atoms with Crippen molar-refractivity contribution < 1.29 is 4.42 Å². The second-order valence-electron chi connectivity index (χ2n) is 4.86. The molecule has 2 aromatic heterocycles.